The van der Waals surface area contributed by atoms with Gasteiger partial charge in [-0.2, -0.15) is 13.9 Å². The summed E-state index contributed by atoms with van der Waals surface area (Å²) in [7, 11) is 0. The van der Waals surface area contributed by atoms with E-state index < -0.39 is 12.2 Å². The summed E-state index contributed by atoms with van der Waals surface area (Å²) in [6.07, 6.45) is 3.57. The lowest BCUT2D eigenvalue weighted by Gasteiger charge is -2.08. The van der Waals surface area contributed by atoms with E-state index in [9.17, 15) is 18.4 Å². The third kappa shape index (κ3) is 5.48. The van der Waals surface area contributed by atoms with Gasteiger partial charge in [0.1, 0.15) is 6.54 Å². The lowest BCUT2D eigenvalue weighted by atomic mass is 10.2. The predicted molar refractivity (Wildman–Crippen MR) is 86.2 cm³/mol. The molecule has 0 bridgehead atoms. The van der Waals surface area contributed by atoms with Gasteiger partial charge in [-0.1, -0.05) is 6.08 Å². The van der Waals surface area contributed by atoms with Crippen molar-refractivity contribution in [2.75, 3.05) is 6.54 Å². The summed E-state index contributed by atoms with van der Waals surface area (Å²) in [5, 5.41) is 6.73. The van der Waals surface area contributed by atoms with Crippen molar-refractivity contribution in [1.82, 2.24) is 20.1 Å². The molecule has 0 aliphatic heterocycles. The van der Waals surface area contributed by atoms with Gasteiger partial charge in [0.25, 0.3) is 5.56 Å². The number of aromatic nitrogens is 3. The summed E-state index contributed by atoms with van der Waals surface area (Å²) in [6.45, 7) is 0.778. The maximum Gasteiger partial charge on any atom is 0.388 e. The van der Waals surface area contributed by atoms with Crippen LogP contribution in [0.1, 0.15) is 6.42 Å². The summed E-state index contributed by atoms with van der Waals surface area (Å²) < 4.78 is 29.4. The first-order valence-electron chi connectivity index (χ1n) is 7.36. The number of amides is 1. The van der Waals surface area contributed by atoms with Crippen molar-refractivity contribution in [3.63, 3.8) is 0 Å². The zero-order valence-electron chi connectivity index (χ0n) is 13.2. The molecule has 2 rings (SSSR count). The molecular weight excluding hydrogens is 334 g/mol. The fraction of sp³-hybridized carbons (Fsp3) is 0.250. The SMILES string of the molecule is C=CCCNC(=O)Cn1nc(-c2ccc(OC(F)F)nc2)ccc1=O. The summed E-state index contributed by atoms with van der Waals surface area (Å²) in [5.41, 5.74) is 0.422. The predicted octanol–water partition coefficient (Wildman–Crippen LogP) is 1.60. The minimum absolute atomic E-state index is 0.228. The third-order valence-corrected chi connectivity index (χ3v) is 3.07. The van der Waals surface area contributed by atoms with Crippen LogP contribution in [0.3, 0.4) is 0 Å². The van der Waals surface area contributed by atoms with Crippen molar-refractivity contribution in [3.8, 4) is 17.1 Å². The lowest BCUT2D eigenvalue weighted by Crippen LogP contribution is -2.33. The second kappa shape index (κ2) is 8.67. The van der Waals surface area contributed by atoms with Crippen LogP contribution < -0.4 is 15.6 Å². The summed E-state index contributed by atoms with van der Waals surface area (Å²) in [4.78, 5) is 27.4. The van der Waals surface area contributed by atoms with E-state index in [0.29, 0.717) is 24.2 Å². The fourth-order valence-corrected chi connectivity index (χ4v) is 1.91. The highest BCUT2D eigenvalue weighted by atomic mass is 19.3. The zero-order chi connectivity index (χ0) is 18.2. The maximum atomic E-state index is 12.1. The van der Waals surface area contributed by atoms with E-state index in [2.05, 4.69) is 26.7 Å². The van der Waals surface area contributed by atoms with Crippen LogP contribution in [0, 0.1) is 0 Å². The van der Waals surface area contributed by atoms with Crippen molar-refractivity contribution in [2.45, 2.75) is 19.6 Å². The number of hydrogen-bond donors (Lipinski definition) is 1. The Morgan fingerprint density at radius 3 is 2.80 bits per heavy atom. The first-order valence-corrected chi connectivity index (χ1v) is 7.36. The normalized spacial score (nSPS) is 10.5. The average molecular weight is 350 g/mol. The first kappa shape index (κ1) is 18.2. The minimum atomic E-state index is -2.96. The molecule has 25 heavy (non-hydrogen) atoms. The van der Waals surface area contributed by atoms with Gasteiger partial charge in [-0.05, 0) is 18.6 Å². The minimum Gasteiger partial charge on any atom is -0.417 e. The number of pyridine rings is 1. The summed E-state index contributed by atoms with van der Waals surface area (Å²) in [5.74, 6) is -0.582. The van der Waals surface area contributed by atoms with E-state index in [1.807, 2.05) is 0 Å². The van der Waals surface area contributed by atoms with Gasteiger partial charge >= 0.3 is 6.61 Å². The van der Waals surface area contributed by atoms with Crippen LogP contribution in [0.5, 0.6) is 5.88 Å². The molecular formula is C16H16F2N4O3. The first-order chi connectivity index (χ1) is 12.0. The molecule has 0 unspecified atom stereocenters. The van der Waals surface area contributed by atoms with Gasteiger partial charge in [-0.15, -0.1) is 6.58 Å². The Balaban J connectivity index is 2.13. The number of nitrogens with one attached hydrogen (secondary N) is 1. The molecule has 9 heteroatoms. The van der Waals surface area contributed by atoms with Crippen molar-refractivity contribution in [3.05, 3.63) is 53.5 Å². The van der Waals surface area contributed by atoms with Crippen LogP contribution in [0.25, 0.3) is 11.3 Å². The van der Waals surface area contributed by atoms with Gasteiger partial charge in [-0.3, -0.25) is 9.59 Å². The number of hydrogen-bond acceptors (Lipinski definition) is 5. The number of halogens is 2. The molecule has 0 aliphatic carbocycles. The monoisotopic (exact) mass is 350 g/mol. The Bertz CT molecular complexity index is 791. The Morgan fingerprint density at radius 2 is 2.16 bits per heavy atom. The molecule has 2 aromatic rings. The van der Waals surface area contributed by atoms with Crippen LogP contribution in [0.4, 0.5) is 8.78 Å². The van der Waals surface area contributed by atoms with Crippen LogP contribution in [-0.4, -0.2) is 33.8 Å². The molecule has 2 aromatic heterocycles. The van der Waals surface area contributed by atoms with Gasteiger partial charge < -0.3 is 10.1 Å². The topological polar surface area (TPSA) is 86.1 Å². The molecule has 0 fully saturated rings. The molecule has 132 valence electrons. The van der Waals surface area contributed by atoms with Crippen molar-refractivity contribution in [1.29, 1.82) is 0 Å². The van der Waals surface area contributed by atoms with Crippen molar-refractivity contribution < 1.29 is 18.3 Å². The number of carbonyl (C=O) groups excluding carboxylic acids is 1. The Labute approximate surface area is 142 Å². The molecule has 0 radical (unpaired) electrons. The van der Waals surface area contributed by atoms with Gasteiger partial charge in [0.15, 0.2) is 0 Å². The number of alkyl halides is 2. The van der Waals surface area contributed by atoms with Crippen molar-refractivity contribution >= 4 is 5.91 Å². The zero-order valence-corrected chi connectivity index (χ0v) is 13.2. The Morgan fingerprint density at radius 1 is 1.36 bits per heavy atom. The second-order valence-corrected chi connectivity index (χ2v) is 4.91. The highest BCUT2D eigenvalue weighted by Gasteiger charge is 2.09. The van der Waals surface area contributed by atoms with E-state index in [-0.39, 0.29) is 18.3 Å². The molecule has 0 aromatic carbocycles. The quantitative estimate of drug-likeness (QED) is 0.577. The molecule has 1 N–H and O–H groups in total. The highest BCUT2D eigenvalue weighted by molar-refractivity contribution is 5.75. The van der Waals surface area contributed by atoms with Crippen molar-refractivity contribution in [2.24, 2.45) is 0 Å². The average Bonchev–Trinajstić information content (AvgIpc) is 2.57. The van der Waals surface area contributed by atoms with Crippen LogP contribution >= 0.6 is 0 Å². The number of nitrogens with zero attached hydrogens (tertiary/aromatic N) is 3. The summed E-state index contributed by atoms with van der Waals surface area (Å²) in [6, 6.07) is 5.47. The number of ether oxygens (including phenoxy) is 1. The molecule has 0 atom stereocenters. The van der Waals surface area contributed by atoms with Gasteiger partial charge in [0.2, 0.25) is 11.8 Å². The van der Waals surface area contributed by atoms with Gasteiger partial charge in [0, 0.05) is 30.4 Å². The third-order valence-electron chi connectivity index (χ3n) is 3.07. The molecule has 0 saturated carbocycles. The smallest absolute Gasteiger partial charge is 0.388 e. The van der Waals surface area contributed by atoms with E-state index in [0.717, 1.165) is 4.68 Å². The molecule has 0 aliphatic rings. The number of carbonyl (C=O) groups is 1. The summed E-state index contributed by atoms with van der Waals surface area (Å²) >= 11 is 0. The van der Waals surface area contributed by atoms with E-state index in [1.165, 1.54) is 30.5 Å². The lowest BCUT2D eigenvalue weighted by molar-refractivity contribution is -0.121. The maximum absolute atomic E-state index is 12.1. The van der Waals surface area contributed by atoms with Crippen LogP contribution in [-0.2, 0) is 11.3 Å². The fourth-order valence-electron chi connectivity index (χ4n) is 1.91. The largest absolute Gasteiger partial charge is 0.417 e. The molecule has 1 amide bonds. The van der Waals surface area contributed by atoms with Crippen LogP contribution in [0.2, 0.25) is 0 Å². The Kier molecular flexibility index (Phi) is 6.33. The standard InChI is InChI=1S/C16H16F2N4O3/c1-2-3-8-19-13(23)10-22-15(24)7-5-12(21-22)11-4-6-14(20-9-11)25-16(17)18/h2,4-7,9,16H,1,3,8,10H2,(H,19,23). The van der Waals surface area contributed by atoms with Gasteiger partial charge in [0.05, 0.1) is 5.69 Å². The van der Waals surface area contributed by atoms with Gasteiger partial charge in [-0.25, -0.2) is 9.67 Å². The van der Waals surface area contributed by atoms with Crippen LogP contribution in [0.15, 0.2) is 47.9 Å². The molecule has 7 nitrogen and oxygen atoms in total. The van der Waals surface area contributed by atoms with E-state index in [4.69, 9.17) is 0 Å². The molecule has 0 spiro atoms. The van der Waals surface area contributed by atoms with E-state index in [1.54, 1.807) is 6.08 Å². The number of rotatable bonds is 8. The molecule has 2 heterocycles. The highest BCUT2D eigenvalue weighted by Crippen LogP contribution is 2.18. The van der Waals surface area contributed by atoms with E-state index >= 15 is 0 Å². The second-order valence-electron chi connectivity index (χ2n) is 4.91. The molecule has 0 saturated heterocycles. The Hall–Kier alpha value is -3.10.